The second-order valence-corrected chi connectivity index (χ2v) is 10.8. The number of rotatable bonds is 6. The molecule has 0 saturated heterocycles. The molecule has 6 rings (SSSR count). The number of nitrogens with two attached hydrogens (primary N) is 1. The van der Waals surface area contributed by atoms with Gasteiger partial charge in [-0.2, -0.15) is 5.10 Å². The Morgan fingerprint density at radius 1 is 0.919 bits per heavy atom. The molecule has 2 heterocycles. The van der Waals surface area contributed by atoms with Crippen LogP contribution in [0.4, 0.5) is 0 Å². The van der Waals surface area contributed by atoms with Crippen LogP contribution in [0.15, 0.2) is 83.1 Å². The van der Waals surface area contributed by atoms with Crippen LogP contribution < -0.4 is 5.84 Å². The number of fused-ring (bicyclic) bond motifs is 1. The van der Waals surface area contributed by atoms with Crippen LogP contribution in [-0.2, 0) is 4.79 Å². The monoisotopic (exact) mass is 510 g/mol. The largest absolute Gasteiger partial charge is 0.336 e. The maximum Gasteiger partial charge on any atom is 0.253 e. The minimum atomic E-state index is -0.149. The molecule has 3 aromatic carbocycles. The van der Waals surface area contributed by atoms with Gasteiger partial charge in [-0.25, -0.2) is 9.69 Å². The summed E-state index contributed by atoms with van der Waals surface area (Å²) in [7, 11) is 0. The first-order valence-electron chi connectivity index (χ1n) is 12.9. The van der Waals surface area contributed by atoms with Crippen LogP contribution >= 0.6 is 11.8 Å². The number of carbonyl (C=O) groups is 1. The highest BCUT2D eigenvalue weighted by atomic mass is 32.2. The van der Waals surface area contributed by atoms with Crippen molar-refractivity contribution in [3.05, 3.63) is 89.7 Å². The van der Waals surface area contributed by atoms with Gasteiger partial charge in [-0.3, -0.25) is 4.79 Å². The van der Waals surface area contributed by atoms with E-state index in [0.717, 1.165) is 40.9 Å². The number of hydrazone groups is 1. The third-order valence-electron chi connectivity index (χ3n) is 7.42. The average molecular weight is 511 g/mol. The van der Waals surface area contributed by atoms with Crippen LogP contribution in [0.1, 0.15) is 67.4 Å². The van der Waals surface area contributed by atoms with Gasteiger partial charge in [0, 0.05) is 12.3 Å². The Bertz CT molecular complexity index is 1440. The lowest BCUT2D eigenvalue weighted by atomic mass is 9.89. The van der Waals surface area contributed by atoms with Crippen molar-refractivity contribution in [1.29, 1.82) is 0 Å². The van der Waals surface area contributed by atoms with E-state index in [4.69, 9.17) is 10.9 Å². The second kappa shape index (κ2) is 10.4. The van der Waals surface area contributed by atoms with Crippen molar-refractivity contribution >= 4 is 34.2 Å². The van der Waals surface area contributed by atoms with E-state index in [0.29, 0.717) is 17.5 Å². The van der Waals surface area contributed by atoms with Gasteiger partial charge in [-0.05, 0) is 40.8 Å². The van der Waals surface area contributed by atoms with E-state index in [1.807, 2.05) is 30.3 Å². The summed E-state index contributed by atoms with van der Waals surface area (Å²) in [6.07, 6.45) is 6.52. The van der Waals surface area contributed by atoms with E-state index < -0.39 is 0 Å². The minimum absolute atomic E-state index is 0.0724. The molecular formula is C29H30N6OS. The van der Waals surface area contributed by atoms with E-state index in [2.05, 4.69) is 52.7 Å². The summed E-state index contributed by atoms with van der Waals surface area (Å²) in [5.41, 5.74) is 3.03. The summed E-state index contributed by atoms with van der Waals surface area (Å²) in [6, 6.07) is 24.6. The van der Waals surface area contributed by atoms with Crippen LogP contribution in [0, 0.1) is 0 Å². The second-order valence-electron chi connectivity index (χ2n) is 9.81. The summed E-state index contributed by atoms with van der Waals surface area (Å²) in [5, 5.41) is 18.1. The highest BCUT2D eigenvalue weighted by Gasteiger charge is 2.33. The normalized spacial score (nSPS) is 18.3. The average Bonchev–Trinajstić information content (AvgIpc) is 3.56. The van der Waals surface area contributed by atoms with Crippen LogP contribution in [-0.4, -0.2) is 37.3 Å². The zero-order chi connectivity index (χ0) is 25.2. The molecule has 8 heteroatoms. The van der Waals surface area contributed by atoms with Crippen LogP contribution in [0.2, 0.25) is 0 Å². The molecule has 1 saturated carbocycles. The molecule has 0 radical (unpaired) electrons. The first-order chi connectivity index (χ1) is 18.2. The Balaban J connectivity index is 1.23. The lowest BCUT2D eigenvalue weighted by Crippen LogP contribution is -2.29. The van der Waals surface area contributed by atoms with Gasteiger partial charge in [0.05, 0.1) is 17.5 Å². The summed E-state index contributed by atoms with van der Waals surface area (Å²) in [4.78, 5) is 13.5. The van der Waals surface area contributed by atoms with Gasteiger partial charge >= 0.3 is 0 Å². The molecular weight excluding hydrogens is 480 g/mol. The van der Waals surface area contributed by atoms with Crippen molar-refractivity contribution in [2.45, 2.75) is 55.6 Å². The van der Waals surface area contributed by atoms with Crippen molar-refractivity contribution in [2.24, 2.45) is 5.10 Å². The predicted octanol–water partition coefficient (Wildman–Crippen LogP) is 5.66. The van der Waals surface area contributed by atoms with Gasteiger partial charge in [-0.15, -0.1) is 10.2 Å². The SMILES string of the molecule is Nn1c(SCC(=O)N2N=C(c3ccc4ccccc4c3)C[C@@H]2c2ccccc2)nnc1C1CCCCC1. The summed E-state index contributed by atoms with van der Waals surface area (Å²) < 4.78 is 1.58. The van der Waals surface area contributed by atoms with Crippen LogP contribution in [0.3, 0.4) is 0 Å². The fraction of sp³-hybridized carbons (Fsp3) is 0.310. The molecule has 1 amide bonds. The first-order valence-corrected chi connectivity index (χ1v) is 13.9. The van der Waals surface area contributed by atoms with Gasteiger partial charge in [-0.1, -0.05) is 97.8 Å². The molecule has 1 aromatic heterocycles. The Morgan fingerprint density at radius 2 is 1.68 bits per heavy atom. The molecule has 1 aliphatic heterocycles. The lowest BCUT2D eigenvalue weighted by Gasteiger charge is -2.22. The summed E-state index contributed by atoms with van der Waals surface area (Å²) >= 11 is 1.33. The van der Waals surface area contributed by atoms with Crippen LogP contribution in [0.25, 0.3) is 10.8 Å². The molecule has 37 heavy (non-hydrogen) atoms. The standard InChI is InChI=1S/C29H30N6OS/c30-34-28(22-12-5-2-6-13-22)31-32-29(34)37-19-27(36)35-26(21-10-3-1-4-11-21)18-25(33-35)24-16-15-20-9-7-8-14-23(20)17-24/h1,3-4,7-11,14-17,22,26H,2,5-6,12-13,18-19,30H2/t26-/m1/s1. The molecule has 1 fully saturated rings. The minimum Gasteiger partial charge on any atom is -0.336 e. The van der Waals surface area contributed by atoms with E-state index >= 15 is 0 Å². The molecule has 188 valence electrons. The van der Waals surface area contributed by atoms with Crippen molar-refractivity contribution in [2.75, 3.05) is 11.6 Å². The number of benzene rings is 3. The van der Waals surface area contributed by atoms with Crippen LogP contribution in [0.5, 0.6) is 0 Å². The van der Waals surface area contributed by atoms with Gasteiger partial charge in [0.15, 0.2) is 5.82 Å². The van der Waals surface area contributed by atoms with Gasteiger partial charge in [0.2, 0.25) is 5.16 Å². The Hall–Kier alpha value is -3.65. The predicted molar refractivity (Wildman–Crippen MR) is 148 cm³/mol. The van der Waals surface area contributed by atoms with E-state index in [1.165, 1.54) is 36.4 Å². The molecule has 0 bridgehead atoms. The first kappa shape index (κ1) is 23.7. The fourth-order valence-corrected chi connectivity index (χ4v) is 6.15. The summed E-state index contributed by atoms with van der Waals surface area (Å²) in [6.45, 7) is 0. The fourth-order valence-electron chi connectivity index (χ4n) is 5.44. The molecule has 4 aromatic rings. The highest BCUT2D eigenvalue weighted by Crippen LogP contribution is 2.35. The third kappa shape index (κ3) is 4.85. The lowest BCUT2D eigenvalue weighted by molar-refractivity contribution is -0.130. The number of hydrogen-bond acceptors (Lipinski definition) is 6. The number of thioether (sulfide) groups is 1. The maximum atomic E-state index is 13.5. The molecule has 7 nitrogen and oxygen atoms in total. The molecule has 0 unspecified atom stereocenters. The molecule has 2 aliphatic rings. The number of aromatic nitrogens is 3. The van der Waals surface area contributed by atoms with Crippen molar-refractivity contribution in [1.82, 2.24) is 19.9 Å². The Kier molecular flexibility index (Phi) is 6.66. The molecule has 0 spiro atoms. The Morgan fingerprint density at radius 3 is 2.49 bits per heavy atom. The Labute approximate surface area is 220 Å². The topological polar surface area (TPSA) is 89.4 Å². The number of carbonyl (C=O) groups excluding carboxylic acids is 1. The zero-order valence-corrected chi connectivity index (χ0v) is 21.5. The molecule has 2 N–H and O–H groups in total. The smallest absolute Gasteiger partial charge is 0.253 e. The van der Waals surface area contributed by atoms with Crippen molar-refractivity contribution < 1.29 is 4.79 Å². The van der Waals surface area contributed by atoms with Crippen molar-refractivity contribution in [3.63, 3.8) is 0 Å². The zero-order valence-electron chi connectivity index (χ0n) is 20.7. The quantitative estimate of drug-likeness (QED) is 0.267. The molecule has 1 atom stereocenters. The number of nitrogen functional groups attached to an aromatic ring is 1. The highest BCUT2D eigenvalue weighted by molar-refractivity contribution is 7.99. The van der Waals surface area contributed by atoms with Gasteiger partial charge in [0.25, 0.3) is 5.91 Å². The number of hydrogen-bond donors (Lipinski definition) is 1. The number of nitrogens with zero attached hydrogens (tertiary/aromatic N) is 5. The van der Waals surface area contributed by atoms with Gasteiger partial charge < -0.3 is 5.84 Å². The van der Waals surface area contributed by atoms with Crippen molar-refractivity contribution in [3.8, 4) is 0 Å². The number of amides is 1. The van der Waals surface area contributed by atoms with Gasteiger partial charge in [0.1, 0.15) is 0 Å². The van der Waals surface area contributed by atoms with E-state index in [9.17, 15) is 4.79 Å². The third-order valence-corrected chi connectivity index (χ3v) is 8.35. The van der Waals surface area contributed by atoms with E-state index in [1.54, 1.807) is 9.69 Å². The summed E-state index contributed by atoms with van der Waals surface area (Å²) in [5.74, 6) is 7.66. The maximum absolute atomic E-state index is 13.5. The molecule has 1 aliphatic carbocycles. The van der Waals surface area contributed by atoms with E-state index in [-0.39, 0.29) is 17.7 Å².